The first-order valence-corrected chi connectivity index (χ1v) is 4.59. The van der Waals surface area contributed by atoms with Crippen LogP contribution in [-0.4, -0.2) is 34.4 Å². The highest BCUT2D eigenvalue weighted by Crippen LogP contribution is 2.24. The number of H-pyrrole nitrogens is 1. The molecule has 2 rings (SSSR count). The molecule has 1 saturated heterocycles. The molecule has 4 heteroatoms. The first-order valence-electron chi connectivity index (χ1n) is 4.59. The SMILES string of the molecule is O=CN1CCC(c2ncc[nH]2)CC1. The van der Waals surface area contributed by atoms with Crippen LogP contribution in [-0.2, 0) is 4.79 Å². The van der Waals surface area contributed by atoms with Crippen LogP contribution in [0.4, 0.5) is 0 Å². The minimum Gasteiger partial charge on any atom is -0.348 e. The van der Waals surface area contributed by atoms with Gasteiger partial charge in [0.15, 0.2) is 0 Å². The normalized spacial score (nSPS) is 18.9. The van der Waals surface area contributed by atoms with E-state index in [4.69, 9.17) is 0 Å². The summed E-state index contributed by atoms with van der Waals surface area (Å²) in [6.07, 6.45) is 6.60. The molecular formula is C9H13N3O. The zero-order chi connectivity index (χ0) is 9.10. The summed E-state index contributed by atoms with van der Waals surface area (Å²) in [4.78, 5) is 19.6. The monoisotopic (exact) mass is 179 g/mol. The maximum absolute atomic E-state index is 10.5. The minimum absolute atomic E-state index is 0.506. The molecule has 2 heterocycles. The Labute approximate surface area is 77.0 Å². The predicted octanol–water partition coefficient (Wildman–Crippen LogP) is 0.745. The molecule has 0 aromatic carbocycles. The van der Waals surface area contributed by atoms with Gasteiger partial charge in [0, 0.05) is 31.4 Å². The average molecular weight is 179 g/mol. The van der Waals surface area contributed by atoms with Crippen LogP contribution in [0.3, 0.4) is 0 Å². The van der Waals surface area contributed by atoms with Gasteiger partial charge in [-0.2, -0.15) is 0 Å². The number of rotatable bonds is 2. The van der Waals surface area contributed by atoms with Gasteiger partial charge in [0.25, 0.3) is 0 Å². The fourth-order valence-corrected chi connectivity index (χ4v) is 1.78. The highest BCUT2D eigenvalue weighted by Gasteiger charge is 2.20. The third-order valence-corrected chi connectivity index (χ3v) is 2.58. The number of carbonyl (C=O) groups is 1. The summed E-state index contributed by atoms with van der Waals surface area (Å²) < 4.78 is 0. The van der Waals surface area contributed by atoms with Crippen molar-refractivity contribution in [3.05, 3.63) is 18.2 Å². The fourth-order valence-electron chi connectivity index (χ4n) is 1.78. The van der Waals surface area contributed by atoms with E-state index in [1.165, 1.54) is 0 Å². The minimum atomic E-state index is 0.506. The topological polar surface area (TPSA) is 49.0 Å². The molecule has 13 heavy (non-hydrogen) atoms. The molecule has 0 unspecified atom stereocenters. The van der Waals surface area contributed by atoms with E-state index in [2.05, 4.69) is 9.97 Å². The van der Waals surface area contributed by atoms with Crippen molar-refractivity contribution in [1.82, 2.24) is 14.9 Å². The highest BCUT2D eigenvalue weighted by atomic mass is 16.1. The average Bonchev–Trinajstić information content (AvgIpc) is 2.71. The Bertz CT molecular complexity index is 262. The Kier molecular flexibility index (Phi) is 2.29. The first-order chi connectivity index (χ1) is 6.40. The van der Waals surface area contributed by atoms with Crippen LogP contribution in [0.15, 0.2) is 12.4 Å². The number of amides is 1. The lowest BCUT2D eigenvalue weighted by Gasteiger charge is -2.27. The van der Waals surface area contributed by atoms with Crippen molar-refractivity contribution in [2.24, 2.45) is 0 Å². The Morgan fingerprint density at radius 1 is 1.54 bits per heavy atom. The summed E-state index contributed by atoms with van der Waals surface area (Å²) in [5, 5.41) is 0. The summed E-state index contributed by atoms with van der Waals surface area (Å²) >= 11 is 0. The number of aromatic amines is 1. The highest BCUT2D eigenvalue weighted by molar-refractivity contribution is 5.47. The quantitative estimate of drug-likeness (QED) is 0.681. The van der Waals surface area contributed by atoms with E-state index < -0.39 is 0 Å². The smallest absolute Gasteiger partial charge is 0.209 e. The molecule has 1 aromatic rings. The molecule has 70 valence electrons. The van der Waals surface area contributed by atoms with Gasteiger partial charge in [0.2, 0.25) is 6.41 Å². The molecule has 0 aliphatic carbocycles. The predicted molar refractivity (Wildman–Crippen MR) is 48.2 cm³/mol. The van der Waals surface area contributed by atoms with Gasteiger partial charge in [-0.1, -0.05) is 0 Å². The van der Waals surface area contributed by atoms with Gasteiger partial charge in [-0.05, 0) is 12.8 Å². The molecule has 1 aliphatic heterocycles. The number of likely N-dealkylation sites (tertiary alicyclic amines) is 1. The molecule has 1 aliphatic rings. The molecule has 1 fully saturated rings. The number of carbonyl (C=O) groups excluding carboxylic acids is 1. The standard InChI is InChI=1S/C9H13N3O/c13-7-12-5-1-8(2-6-12)9-10-3-4-11-9/h3-4,7-8H,1-2,5-6H2,(H,10,11). The molecule has 1 amide bonds. The number of nitrogens with zero attached hydrogens (tertiary/aromatic N) is 2. The van der Waals surface area contributed by atoms with Crippen LogP contribution >= 0.6 is 0 Å². The molecule has 1 N–H and O–H groups in total. The number of piperidine rings is 1. The van der Waals surface area contributed by atoms with Crippen molar-refractivity contribution in [2.45, 2.75) is 18.8 Å². The zero-order valence-corrected chi connectivity index (χ0v) is 7.44. The van der Waals surface area contributed by atoms with Crippen molar-refractivity contribution in [3.8, 4) is 0 Å². The van der Waals surface area contributed by atoms with Crippen LogP contribution in [0.1, 0.15) is 24.6 Å². The van der Waals surface area contributed by atoms with E-state index in [1.54, 1.807) is 6.20 Å². The van der Waals surface area contributed by atoms with E-state index in [9.17, 15) is 4.79 Å². The summed E-state index contributed by atoms with van der Waals surface area (Å²) in [5.74, 6) is 1.57. The Morgan fingerprint density at radius 3 is 2.85 bits per heavy atom. The summed E-state index contributed by atoms with van der Waals surface area (Å²) in [6, 6.07) is 0. The second kappa shape index (κ2) is 3.60. The second-order valence-corrected chi connectivity index (χ2v) is 3.39. The van der Waals surface area contributed by atoms with E-state index in [0.717, 1.165) is 38.2 Å². The van der Waals surface area contributed by atoms with Crippen molar-refractivity contribution in [3.63, 3.8) is 0 Å². The summed E-state index contributed by atoms with van der Waals surface area (Å²) in [5.41, 5.74) is 0. The molecule has 4 nitrogen and oxygen atoms in total. The van der Waals surface area contributed by atoms with Crippen LogP contribution in [0, 0.1) is 0 Å². The van der Waals surface area contributed by atoms with E-state index in [1.807, 2.05) is 11.1 Å². The van der Waals surface area contributed by atoms with E-state index >= 15 is 0 Å². The Morgan fingerprint density at radius 2 is 2.31 bits per heavy atom. The molecule has 0 bridgehead atoms. The Hall–Kier alpha value is -1.32. The van der Waals surface area contributed by atoms with Crippen LogP contribution < -0.4 is 0 Å². The third kappa shape index (κ3) is 1.71. The van der Waals surface area contributed by atoms with E-state index in [0.29, 0.717) is 5.92 Å². The van der Waals surface area contributed by atoms with Gasteiger partial charge < -0.3 is 9.88 Å². The fraction of sp³-hybridized carbons (Fsp3) is 0.556. The molecule has 1 aromatic heterocycles. The van der Waals surface area contributed by atoms with E-state index in [-0.39, 0.29) is 0 Å². The molecule has 0 spiro atoms. The number of imidazole rings is 1. The van der Waals surface area contributed by atoms with Crippen molar-refractivity contribution < 1.29 is 4.79 Å². The van der Waals surface area contributed by atoms with Gasteiger partial charge in [0.1, 0.15) is 5.82 Å². The van der Waals surface area contributed by atoms with Gasteiger partial charge in [0.05, 0.1) is 0 Å². The van der Waals surface area contributed by atoms with Crippen molar-refractivity contribution in [1.29, 1.82) is 0 Å². The largest absolute Gasteiger partial charge is 0.348 e. The van der Waals surface area contributed by atoms with Crippen LogP contribution in [0.5, 0.6) is 0 Å². The van der Waals surface area contributed by atoms with Gasteiger partial charge >= 0.3 is 0 Å². The molecule has 0 atom stereocenters. The third-order valence-electron chi connectivity index (χ3n) is 2.58. The lowest BCUT2D eigenvalue weighted by atomic mass is 9.97. The first kappa shape index (κ1) is 8.29. The van der Waals surface area contributed by atoms with Gasteiger partial charge in [-0.25, -0.2) is 4.98 Å². The summed E-state index contributed by atoms with van der Waals surface area (Å²) in [6.45, 7) is 1.71. The number of hydrogen-bond donors (Lipinski definition) is 1. The number of hydrogen-bond acceptors (Lipinski definition) is 2. The molecular weight excluding hydrogens is 166 g/mol. The molecule has 0 radical (unpaired) electrons. The molecule has 0 saturated carbocycles. The second-order valence-electron chi connectivity index (χ2n) is 3.39. The van der Waals surface area contributed by atoms with Gasteiger partial charge in [-0.15, -0.1) is 0 Å². The van der Waals surface area contributed by atoms with Crippen LogP contribution in [0.25, 0.3) is 0 Å². The lowest BCUT2D eigenvalue weighted by Crippen LogP contribution is -2.31. The van der Waals surface area contributed by atoms with Crippen molar-refractivity contribution >= 4 is 6.41 Å². The number of aromatic nitrogens is 2. The van der Waals surface area contributed by atoms with Gasteiger partial charge in [-0.3, -0.25) is 4.79 Å². The Balaban J connectivity index is 1.95. The maximum Gasteiger partial charge on any atom is 0.209 e. The van der Waals surface area contributed by atoms with Crippen LogP contribution in [0.2, 0.25) is 0 Å². The zero-order valence-electron chi connectivity index (χ0n) is 7.44. The lowest BCUT2D eigenvalue weighted by molar-refractivity contribution is -0.119. The van der Waals surface area contributed by atoms with Crippen molar-refractivity contribution in [2.75, 3.05) is 13.1 Å². The summed E-state index contributed by atoms with van der Waals surface area (Å²) in [7, 11) is 0. The maximum atomic E-state index is 10.5. The number of nitrogens with one attached hydrogen (secondary N) is 1.